The molecular weight excluding hydrogens is 281 g/mol. The minimum absolute atomic E-state index is 0.237. The number of hydrogen-bond acceptors (Lipinski definition) is 3. The number of benzene rings is 1. The highest BCUT2D eigenvalue weighted by atomic mass is 19.4. The van der Waals surface area contributed by atoms with Crippen LogP contribution in [0.25, 0.3) is 0 Å². The van der Waals surface area contributed by atoms with Gasteiger partial charge in [0.05, 0.1) is 23.6 Å². The van der Waals surface area contributed by atoms with Gasteiger partial charge >= 0.3 is 6.18 Å². The van der Waals surface area contributed by atoms with Gasteiger partial charge in [0.25, 0.3) is 0 Å². The molecule has 0 aliphatic heterocycles. The van der Waals surface area contributed by atoms with Crippen LogP contribution in [-0.4, -0.2) is 11.5 Å². The fourth-order valence-electron chi connectivity index (χ4n) is 1.76. The second-order valence-electron chi connectivity index (χ2n) is 4.43. The molecule has 21 heavy (non-hydrogen) atoms. The van der Waals surface area contributed by atoms with Crippen molar-refractivity contribution >= 4 is 5.69 Å². The Bertz CT molecular complexity index is 599. The number of anilines is 1. The van der Waals surface area contributed by atoms with Gasteiger partial charge in [-0.1, -0.05) is 19.1 Å². The van der Waals surface area contributed by atoms with E-state index in [0.717, 1.165) is 19.0 Å². The number of alkyl halides is 3. The van der Waals surface area contributed by atoms with Crippen LogP contribution in [0.5, 0.6) is 11.5 Å². The highest BCUT2D eigenvalue weighted by Crippen LogP contribution is 2.37. The number of ether oxygens (including phenoxy) is 1. The predicted octanol–water partition coefficient (Wildman–Crippen LogP) is 4.71. The van der Waals surface area contributed by atoms with E-state index in [1.807, 2.05) is 6.92 Å². The average Bonchev–Trinajstić information content (AvgIpc) is 2.45. The number of aromatic nitrogens is 1. The van der Waals surface area contributed by atoms with Gasteiger partial charge in [-0.25, -0.2) is 0 Å². The number of halogens is 3. The van der Waals surface area contributed by atoms with Crippen molar-refractivity contribution in [3.63, 3.8) is 0 Å². The lowest BCUT2D eigenvalue weighted by molar-refractivity contribution is -0.138. The number of nitrogens with zero attached hydrogens (tertiary/aromatic N) is 1. The summed E-state index contributed by atoms with van der Waals surface area (Å²) in [7, 11) is 0. The van der Waals surface area contributed by atoms with Gasteiger partial charge in [-0.05, 0) is 18.6 Å². The van der Waals surface area contributed by atoms with E-state index in [1.54, 1.807) is 12.3 Å². The van der Waals surface area contributed by atoms with Gasteiger partial charge in [0.2, 0.25) is 0 Å². The molecule has 1 N–H and O–H groups in total. The highest BCUT2D eigenvalue weighted by molar-refractivity contribution is 5.47. The molecular formula is C15H15F3N2O. The monoisotopic (exact) mass is 296 g/mol. The van der Waals surface area contributed by atoms with E-state index in [4.69, 9.17) is 4.74 Å². The van der Waals surface area contributed by atoms with Gasteiger partial charge in [-0.2, -0.15) is 13.2 Å². The Hall–Kier alpha value is -2.24. The molecule has 0 fully saturated rings. The van der Waals surface area contributed by atoms with Crippen molar-refractivity contribution in [2.24, 2.45) is 0 Å². The van der Waals surface area contributed by atoms with Crippen LogP contribution in [0.4, 0.5) is 18.9 Å². The van der Waals surface area contributed by atoms with Crippen molar-refractivity contribution in [3.8, 4) is 11.5 Å². The molecule has 112 valence electrons. The van der Waals surface area contributed by atoms with Crippen LogP contribution < -0.4 is 10.1 Å². The Morgan fingerprint density at radius 1 is 1.19 bits per heavy atom. The predicted molar refractivity (Wildman–Crippen MR) is 74.5 cm³/mol. The van der Waals surface area contributed by atoms with Crippen molar-refractivity contribution < 1.29 is 17.9 Å². The van der Waals surface area contributed by atoms with Gasteiger partial charge in [0.1, 0.15) is 11.5 Å². The third-order valence-electron chi connectivity index (χ3n) is 2.71. The molecule has 6 heteroatoms. The highest BCUT2D eigenvalue weighted by Gasteiger charge is 2.34. The number of rotatable bonds is 5. The van der Waals surface area contributed by atoms with Gasteiger partial charge in [-0.3, -0.25) is 4.98 Å². The van der Waals surface area contributed by atoms with Crippen molar-refractivity contribution in [2.45, 2.75) is 19.5 Å². The maximum absolute atomic E-state index is 12.9. The first-order valence-electron chi connectivity index (χ1n) is 6.53. The van der Waals surface area contributed by atoms with E-state index in [9.17, 15) is 13.2 Å². The molecule has 0 saturated carbocycles. The van der Waals surface area contributed by atoms with Crippen molar-refractivity contribution in [2.75, 3.05) is 11.9 Å². The first-order valence-corrected chi connectivity index (χ1v) is 6.53. The molecule has 0 saturated heterocycles. The largest absolute Gasteiger partial charge is 0.455 e. The first kappa shape index (κ1) is 15.2. The average molecular weight is 296 g/mol. The maximum Gasteiger partial charge on any atom is 0.419 e. The summed E-state index contributed by atoms with van der Waals surface area (Å²) in [5, 5.41) is 3.10. The van der Waals surface area contributed by atoms with E-state index in [-0.39, 0.29) is 11.5 Å². The Morgan fingerprint density at radius 2 is 1.95 bits per heavy atom. The number of hydrogen-bond donors (Lipinski definition) is 1. The molecule has 1 aromatic heterocycles. The zero-order valence-electron chi connectivity index (χ0n) is 11.4. The molecule has 2 aromatic rings. The number of pyridine rings is 1. The Balaban J connectivity index is 2.23. The molecule has 0 aliphatic carbocycles. The molecule has 3 nitrogen and oxygen atoms in total. The lowest BCUT2D eigenvalue weighted by atomic mass is 10.2. The number of nitrogens with one attached hydrogen (secondary N) is 1. The van der Waals surface area contributed by atoms with Crippen LogP contribution in [-0.2, 0) is 6.18 Å². The zero-order valence-corrected chi connectivity index (χ0v) is 11.4. The second kappa shape index (κ2) is 6.47. The summed E-state index contributed by atoms with van der Waals surface area (Å²) in [5.74, 6) is 0.0206. The molecule has 0 spiro atoms. The van der Waals surface area contributed by atoms with Crippen LogP contribution in [0.2, 0.25) is 0 Å². The van der Waals surface area contributed by atoms with E-state index in [2.05, 4.69) is 10.3 Å². The smallest absolute Gasteiger partial charge is 0.419 e. The molecule has 0 atom stereocenters. The minimum atomic E-state index is -4.46. The number of para-hydroxylation sites is 1. The standard InChI is InChI=1S/C15H15F3N2O/c1-2-7-20-11-8-12(10-19-9-11)21-14-6-4-3-5-13(14)15(16,17)18/h3-6,8-10,20H,2,7H2,1H3. The second-order valence-corrected chi connectivity index (χ2v) is 4.43. The molecule has 0 radical (unpaired) electrons. The lowest BCUT2D eigenvalue weighted by Crippen LogP contribution is -2.07. The van der Waals surface area contributed by atoms with Crippen molar-refractivity contribution in [1.29, 1.82) is 0 Å². The minimum Gasteiger partial charge on any atom is -0.455 e. The first-order chi connectivity index (χ1) is 10.0. The van der Waals surface area contributed by atoms with Crippen molar-refractivity contribution in [3.05, 3.63) is 48.3 Å². The molecule has 1 aromatic carbocycles. The van der Waals surface area contributed by atoms with E-state index in [0.29, 0.717) is 5.69 Å². The summed E-state index contributed by atoms with van der Waals surface area (Å²) in [5.41, 5.74) is -0.101. The molecule has 2 rings (SSSR count). The van der Waals surface area contributed by atoms with E-state index < -0.39 is 11.7 Å². The van der Waals surface area contributed by atoms with Gasteiger partial charge < -0.3 is 10.1 Å². The Labute approximate surface area is 120 Å². The molecule has 0 amide bonds. The van der Waals surface area contributed by atoms with Crippen molar-refractivity contribution in [1.82, 2.24) is 4.98 Å². The van der Waals surface area contributed by atoms with Gasteiger partial charge in [-0.15, -0.1) is 0 Å². The van der Waals surface area contributed by atoms with E-state index >= 15 is 0 Å². The topological polar surface area (TPSA) is 34.2 Å². The normalized spacial score (nSPS) is 11.2. The third-order valence-corrected chi connectivity index (χ3v) is 2.71. The van der Waals surface area contributed by atoms with Crippen LogP contribution in [0, 0.1) is 0 Å². The summed E-state index contributed by atoms with van der Waals surface area (Å²) in [6.07, 6.45) is -0.549. The van der Waals surface area contributed by atoms with Crippen LogP contribution in [0.1, 0.15) is 18.9 Å². The third kappa shape index (κ3) is 4.11. The Morgan fingerprint density at radius 3 is 2.67 bits per heavy atom. The van der Waals surface area contributed by atoms with Gasteiger partial charge in [0, 0.05) is 12.6 Å². The summed E-state index contributed by atoms with van der Waals surface area (Å²) >= 11 is 0. The summed E-state index contributed by atoms with van der Waals surface area (Å²) in [4.78, 5) is 3.96. The summed E-state index contributed by atoms with van der Waals surface area (Å²) in [6, 6.07) is 6.72. The Kier molecular flexibility index (Phi) is 4.67. The SMILES string of the molecule is CCCNc1cncc(Oc2ccccc2C(F)(F)F)c1. The van der Waals surface area contributed by atoms with E-state index in [1.165, 1.54) is 24.4 Å². The zero-order chi connectivity index (χ0) is 15.3. The fourth-order valence-corrected chi connectivity index (χ4v) is 1.76. The van der Waals surface area contributed by atoms with Crippen LogP contribution in [0.15, 0.2) is 42.7 Å². The fraction of sp³-hybridized carbons (Fsp3) is 0.267. The van der Waals surface area contributed by atoms with Gasteiger partial charge in [0.15, 0.2) is 0 Å². The van der Waals surface area contributed by atoms with Crippen LogP contribution >= 0.6 is 0 Å². The van der Waals surface area contributed by atoms with Crippen LogP contribution in [0.3, 0.4) is 0 Å². The molecule has 0 unspecified atom stereocenters. The molecule has 0 bridgehead atoms. The molecule has 0 aliphatic rings. The summed E-state index contributed by atoms with van der Waals surface area (Å²) in [6.45, 7) is 2.77. The maximum atomic E-state index is 12.9. The summed E-state index contributed by atoms with van der Waals surface area (Å²) < 4.78 is 44.0. The molecule has 1 heterocycles. The lowest BCUT2D eigenvalue weighted by Gasteiger charge is -2.13. The quantitative estimate of drug-likeness (QED) is 0.867.